The van der Waals surface area contributed by atoms with Crippen LogP contribution >= 0.6 is 11.3 Å². The number of nitrogens with zero attached hydrogens (tertiary/aromatic N) is 2. The smallest absolute Gasteiger partial charge is 0.193 e. The van der Waals surface area contributed by atoms with Crippen molar-refractivity contribution < 1.29 is 4.39 Å². The van der Waals surface area contributed by atoms with Gasteiger partial charge in [-0.25, -0.2) is 9.37 Å². The molecule has 3 rings (SSSR count). The normalized spacial score (nSPS) is 12.9. The molecule has 20 heavy (non-hydrogen) atoms. The maximum atomic E-state index is 13.2. The van der Waals surface area contributed by atoms with Gasteiger partial charge in [-0.1, -0.05) is 12.1 Å². The van der Waals surface area contributed by atoms with Gasteiger partial charge in [0.15, 0.2) is 4.96 Å². The molecular weight excluding hydrogens is 273 g/mol. The number of hydrogen-bond acceptors (Lipinski definition) is 3. The Hall–Kier alpha value is -1.72. The van der Waals surface area contributed by atoms with Gasteiger partial charge in [-0.2, -0.15) is 0 Å². The zero-order chi connectivity index (χ0) is 13.9. The van der Waals surface area contributed by atoms with E-state index in [2.05, 4.69) is 16.5 Å². The molecule has 2 aromatic heterocycles. The van der Waals surface area contributed by atoms with Gasteiger partial charge in [0.1, 0.15) is 5.82 Å². The molecule has 0 aliphatic carbocycles. The Labute approximate surface area is 121 Å². The first-order valence-corrected chi connectivity index (χ1v) is 7.45. The first-order chi connectivity index (χ1) is 9.74. The minimum atomic E-state index is -0.181. The molecular formula is C15H16FN3S. The number of imidazole rings is 1. The van der Waals surface area contributed by atoms with Crippen molar-refractivity contribution in [3.63, 3.8) is 0 Å². The van der Waals surface area contributed by atoms with E-state index < -0.39 is 0 Å². The summed E-state index contributed by atoms with van der Waals surface area (Å²) < 4.78 is 15.2. The number of fused-ring (bicyclic) bond motifs is 1. The van der Waals surface area contributed by atoms with Crippen LogP contribution in [-0.2, 0) is 12.8 Å². The molecule has 0 fully saturated rings. The summed E-state index contributed by atoms with van der Waals surface area (Å²) in [5, 5.41) is 5.31. The van der Waals surface area contributed by atoms with Crippen LogP contribution in [0.3, 0.4) is 0 Å². The van der Waals surface area contributed by atoms with Gasteiger partial charge in [-0.05, 0) is 31.2 Å². The second-order valence-corrected chi connectivity index (χ2v) is 5.72. The van der Waals surface area contributed by atoms with Gasteiger partial charge >= 0.3 is 0 Å². The first kappa shape index (κ1) is 13.3. The molecule has 0 saturated carbocycles. The fourth-order valence-corrected chi connectivity index (χ4v) is 3.07. The number of thiazole rings is 1. The second kappa shape index (κ2) is 5.73. The van der Waals surface area contributed by atoms with Gasteiger partial charge in [0.2, 0.25) is 0 Å². The van der Waals surface area contributed by atoms with Crippen molar-refractivity contribution in [2.45, 2.75) is 18.9 Å². The van der Waals surface area contributed by atoms with Crippen molar-refractivity contribution in [1.29, 1.82) is 0 Å². The van der Waals surface area contributed by atoms with E-state index >= 15 is 0 Å². The quantitative estimate of drug-likeness (QED) is 0.782. The van der Waals surface area contributed by atoms with E-state index in [1.54, 1.807) is 23.5 Å². The second-order valence-electron chi connectivity index (χ2n) is 4.85. The van der Waals surface area contributed by atoms with E-state index in [0.717, 1.165) is 29.1 Å². The predicted molar refractivity (Wildman–Crippen MR) is 79.7 cm³/mol. The van der Waals surface area contributed by atoms with Crippen LogP contribution in [0, 0.1) is 5.82 Å². The monoisotopic (exact) mass is 289 g/mol. The lowest BCUT2D eigenvalue weighted by Gasteiger charge is -2.15. The molecule has 3 aromatic rings. The van der Waals surface area contributed by atoms with Gasteiger partial charge < -0.3 is 5.32 Å². The van der Waals surface area contributed by atoms with Crippen LogP contribution in [0.5, 0.6) is 0 Å². The van der Waals surface area contributed by atoms with Crippen molar-refractivity contribution in [1.82, 2.24) is 14.7 Å². The summed E-state index contributed by atoms with van der Waals surface area (Å²) in [6, 6.07) is 7.03. The summed E-state index contributed by atoms with van der Waals surface area (Å²) in [5.74, 6) is -0.181. The molecule has 3 nitrogen and oxygen atoms in total. The Morgan fingerprint density at radius 2 is 2.30 bits per heavy atom. The average Bonchev–Trinajstić information content (AvgIpc) is 2.98. The number of likely N-dealkylation sites (N-methyl/N-ethyl adjacent to an activating group) is 1. The summed E-state index contributed by atoms with van der Waals surface area (Å²) in [6.45, 7) is 0. The van der Waals surface area contributed by atoms with E-state index in [-0.39, 0.29) is 11.9 Å². The highest BCUT2D eigenvalue weighted by atomic mass is 32.1. The molecule has 5 heteroatoms. The van der Waals surface area contributed by atoms with Crippen molar-refractivity contribution in [3.05, 3.63) is 59.1 Å². The number of rotatable bonds is 5. The highest BCUT2D eigenvalue weighted by Gasteiger charge is 2.12. The third kappa shape index (κ3) is 2.89. The van der Waals surface area contributed by atoms with E-state index in [4.69, 9.17) is 0 Å². The van der Waals surface area contributed by atoms with Crippen molar-refractivity contribution in [2.75, 3.05) is 7.05 Å². The summed E-state index contributed by atoms with van der Waals surface area (Å²) >= 11 is 1.63. The summed E-state index contributed by atoms with van der Waals surface area (Å²) in [6.07, 6.45) is 5.69. The van der Waals surface area contributed by atoms with Gasteiger partial charge in [0.05, 0.1) is 5.69 Å². The minimum Gasteiger partial charge on any atom is -0.316 e. The van der Waals surface area contributed by atoms with Gasteiger partial charge in [0, 0.05) is 30.2 Å². The Morgan fingerprint density at radius 1 is 1.40 bits per heavy atom. The van der Waals surface area contributed by atoms with Crippen LogP contribution in [0.2, 0.25) is 0 Å². The Morgan fingerprint density at radius 3 is 3.05 bits per heavy atom. The van der Waals surface area contributed by atoms with Crippen LogP contribution in [0.25, 0.3) is 4.96 Å². The molecule has 0 bridgehead atoms. The number of hydrogen-bond donors (Lipinski definition) is 1. The Kier molecular flexibility index (Phi) is 3.80. The van der Waals surface area contributed by atoms with Crippen LogP contribution < -0.4 is 5.32 Å². The highest BCUT2D eigenvalue weighted by molar-refractivity contribution is 7.15. The predicted octanol–water partition coefficient (Wildman–Crippen LogP) is 2.91. The maximum Gasteiger partial charge on any atom is 0.193 e. The molecule has 0 aliphatic rings. The fourth-order valence-electron chi connectivity index (χ4n) is 2.35. The molecule has 0 amide bonds. The zero-order valence-corrected chi connectivity index (χ0v) is 12.0. The zero-order valence-electron chi connectivity index (χ0n) is 11.2. The van der Waals surface area contributed by atoms with Crippen molar-refractivity contribution in [3.8, 4) is 0 Å². The molecule has 0 aliphatic heterocycles. The number of benzene rings is 1. The topological polar surface area (TPSA) is 29.3 Å². The molecule has 1 unspecified atom stereocenters. The lowest BCUT2D eigenvalue weighted by atomic mass is 10.0. The molecule has 0 spiro atoms. The van der Waals surface area contributed by atoms with Crippen molar-refractivity contribution in [2.24, 2.45) is 0 Å². The molecule has 0 radical (unpaired) electrons. The van der Waals surface area contributed by atoms with Crippen LogP contribution in [0.1, 0.15) is 11.3 Å². The van der Waals surface area contributed by atoms with E-state index in [1.807, 2.05) is 29.1 Å². The van der Waals surface area contributed by atoms with Gasteiger partial charge in [0.25, 0.3) is 0 Å². The summed E-state index contributed by atoms with van der Waals surface area (Å²) in [4.78, 5) is 5.60. The SMILES string of the molecule is CNC(Cc1cccc(F)c1)Cc1cn2ccsc2n1. The summed E-state index contributed by atoms with van der Waals surface area (Å²) in [7, 11) is 1.93. The number of nitrogens with one attached hydrogen (secondary N) is 1. The van der Waals surface area contributed by atoms with E-state index in [1.165, 1.54) is 6.07 Å². The lowest BCUT2D eigenvalue weighted by Crippen LogP contribution is -2.30. The first-order valence-electron chi connectivity index (χ1n) is 6.57. The van der Waals surface area contributed by atoms with E-state index in [0.29, 0.717) is 0 Å². The minimum absolute atomic E-state index is 0.181. The van der Waals surface area contributed by atoms with Gasteiger partial charge in [-0.3, -0.25) is 4.40 Å². The third-order valence-corrected chi connectivity index (χ3v) is 4.15. The van der Waals surface area contributed by atoms with Crippen LogP contribution in [0.4, 0.5) is 4.39 Å². The molecule has 1 aromatic carbocycles. The molecule has 104 valence electrons. The third-order valence-electron chi connectivity index (χ3n) is 3.38. The maximum absolute atomic E-state index is 13.2. The lowest BCUT2D eigenvalue weighted by molar-refractivity contribution is 0.548. The number of halogens is 1. The van der Waals surface area contributed by atoms with Gasteiger partial charge in [-0.15, -0.1) is 11.3 Å². The largest absolute Gasteiger partial charge is 0.316 e. The van der Waals surface area contributed by atoms with E-state index in [9.17, 15) is 4.39 Å². The average molecular weight is 289 g/mol. The van der Waals surface area contributed by atoms with Crippen molar-refractivity contribution >= 4 is 16.3 Å². The Bertz CT molecular complexity index is 675. The molecule has 1 atom stereocenters. The molecule has 0 saturated heterocycles. The standard InChI is InChI=1S/C15H16FN3S/c1-17-13(8-11-3-2-4-12(16)7-11)9-14-10-19-5-6-20-15(19)18-14/h2-7,10,13,17H,8-9H2,1H3. The van der Waals surface area contributed by atoms with Crippen LogP contribution in [0.15, 0.2) is 42.0 Å². The highest BCUT2D eigenvalue weighted by Crippen LogP contribution is 2.14. The summed E-state index contributed by atoms with van der Waals surface area (Å²) in [5.41, 5.74) is 2.07. The molecule has 1 N–H and O–H groups in total. The van der Waals surface area contributed by atoms with Crippen LogP contribution in [-0.4, -0.2) is 22.5 Å². The fraction of sp³-hybridized carbons (Fsp3) is 0.267. The molecule has 2 heterocycles. The Balaban J connectivity index is 1.72. The number of aromatic nitrogens is 2.